The van der Waals surface area contributed by atoms with Crippen molar-refractivity contribution in [3.8, 4) is 0 Å². The SMILES string of the molecule is Cc1noc(C)c1S(=O)(=O)N1CCN(C(=O)CSc2nc3cc(Cl)ccc3s2)CC1. The van der Waals surface area contributed by atoms with E-state index in [1.807, 2.05) is 12.1 Å². The molecule has 0 radical (unpaired) electrons. The van der Waals surface area contributed by atoms with E-state index in [0.717, 1.165) is 14.6 Å². The molecule has 0 atom stereocenters. The zero-order valence-electron chi connectivity index (χ0n) is 16.3. The number of thioether (sulfide) groups is 1. The molecule has 1 saturated heterocycles. The summed E-state index contributed by atoms with van der Waals surface area (Å²) >= 11 is 8.89. The first kappa shape index (κ1) is 21.6. The Hall–Kier alpha value is -1.66. The van der Waals surface area contributed by atoms with E-state index < -0.39 is 10.0 Å². The number of aryl methyl sites for hydroxylation is 2. The van der Waals surface area contributed by atoms with Gasteiger partial charge in [0.1, 0.15) is 10.6 Å². The Balaban J connectivity index is 1.35. The Morgan fingerprint density at radius 3 is 2.67 bits per heavy atom. The largest absolute Gasteiger partial charge is 0.360 e. The summed E-state index contributed by atoms with van der Waals surface area (Å²) in [5.41, 5.74) is 1.17. The van der Waals surface area contributed by atoms with Crippen LogP contribution in [0.15, 0.2) is 32.0 Å². The molecule has 1 aliphatic rings. The van der Waals surface area contributed by atoms with Crippen LogP contribution in [0.3, 0.4) is 0 Å². The van der Waals surface area contributed by atoms with E-state index in [-0.39, 0.29) is 35.4 Å². The molecule has 12 heteroatoms. The lowest BCUT2D eigenvalue weighted by atomic mass is 10.3. The lowest BCUT2D eigenvalue weighted by Gasteiger charge is -2.33. The number of hydrogen-bond acceptors (Lipinski definition) is 8. The van der Waals surface area contributed by atoms with Crippen molar-refractivity contribution >= 4 is 60.8 Å². The lowest BCUT2D eigenvalue weighted by molar-refractivity contribution is -0.129. The van der Waals surface area contributed by atoms with E-state index in [4.69, 9.17) is 16.1 Å². The molecule has 30 heavy (non-hydrogen) atoms. The summed E-state index contributed by atoms with van der Waals surface area (Å²) in [6.07, 6.45) is 0. The first-order chi connectivity index (χ1) is 14.3. The first-order valence-electron chi connectivity index (χ1n) is 9.15. The van der Waals surface area contributed by atoms with Gasteiger partial charge in [-0.15, -0.1) is 11.3 Å². The van der Waals surface area contributed by atoms with Gasteiger partial charge in [0, 0.05) is 31.2 Å². The van der Waals surface area contributed by atoms with Crippen molar-refractivity contribution in [2.24, 2.45) is 0 Å². The summed E-state index contributed by atoms with van der Waals surface area (Å²) in [7, 11) is -3.69. The van der Waals surface area contributed by atoms with Crippen molar-refractivity contribution < 1.29 is 17.7 Å². The highest BCUT2D eigenvalue weighted by atomic mass is 35.5. The van der Waals surface area contributed by atoms with Crippen LogP contribution in [0.25, 0.3) is 10.2 Å². The molecule has 3 aromatic rings. The number of carbonyl (C=O) groups excluding carboxylic acids is 1. The Labute approximate surface area is 187 Å². The number of piperazine rings is 1. The van der Waals surface area contributed by atoms with E-state index in [1.165, 1.54) is 27.4 Å². The Bertz CT molecular complexity index is 1180. The number of halogens is 1. The van der Waals surface area contributed by atoms with E-state index in [1.54, 1.807) is 24.8 Å². The average molecular weight is 487 g/mol. The van der Waals surface area contributed by atoms with Crippen LogP contribution in [0.5, 0.6) is 0 Å². The highest BCUT2D eigenvalue weighted by Crippen LogP contribution is 2.31. The highest BCUT2D eigenvalue weighted by molar-refractivity contribution is 8.01. The fourth-order valence-electron chi connectivity index (χ4n) is 3.31. The van der Waals surface area contributed by atoms with Gasteiger partial charge in [-0.1, -0.05) is 28.5 Å². The number of thiazole rings is 1. The minimum atomic E-state index is -3.69. The molecule has 160 valence electrons. The molecular formula is C18H19ClN4O4S3. The number of benzene rings is 1. The van der Waals surface area contributed by atoms with Crippen molar-refractivity contribution in [1.82, 2.24) is 19.3 Å². The third-order valence-electron chi connectivity index (χ3n) is 4.81. The van der Waals surface area contributed by atoms with E-state index in [2.05, 4.69) is 10.1 Å². The molecule has 3 heterocycles. The molecule has 0 spiro atoms. The van der Waals surface area contributed by atoms with Crippen LogP contribution in [0.1, 0.15) is 11.5 Å². The smallest absolute Gasteiger partial charge is 0.248 e. The van der Waals surface area contributed by atoms with Crippen LogP contribution >= 0.6 is 34.7 Å². The fourth-order valence-corrected chi connectivity index (χ4v) is 7.14. The second-order valence-electron chi connectivity index (χ2n) is 6.82. The number of carbonyl (C=O) groups is 1. The number of amides is 1. The molecule has 0 bridgehead atoms. The number of fused-ring (bicyclic) bond motifs is 1. The van der Waals surface area contributed by atoms with Crippen molar-refractivity contribution in [3.63, 3.8) is 0 Å². The van der Waals surface area contributed by atoms with Crippen molar-refractivity contribution in [1.29, 1.82) is 0 Å². The quantitative estimate of drug-likeness (QED) is 0.511. The maximum absolute atomic E-state index is 12.9. The summed E-state index contributed by atoms with van der Waals surface area (Å²) in [5.74, 6) is 0.496. The van der Waals surface area contributed by atoms with E-state index >= 15 is 0 Å². The van der Waals surface area contributed by atoms with E-state index in [0.29, 0.717) is 23.8 Å². The zero-order chi connectivity index (χ0) is 21.5. The van der Waals surface area contributed by atoms with Gasteiger partial charge in [0.25, 0.3) is 0 Å². The van der Waals surface area contributed by atoms with Gasteiger partial charge in [-0.05, 0) is 32.0 Å². The number of nitrogens with zero attached hydrogens (tertiary/aromatic N) is 4. The molecule has 0 N–H and O–H groups in total. The molecular weight excluding hydrogens is 468 g/mol. The number of sulfonamides is 1. The second-order valence-corrected chi connectivity index (χ2v) is 11.4. The maximum Gasteiger partial charge on any atom is 0.248 e. The number of aromatic nitrogens is 2. The van der Waals surface area contributed by atoms with Crippen molar-refractivity contribution in [2.45, 2.75) is 23.1 Å². The van der Waals surface area contributed by atoms with Gasteiger partial charge >= 0.3 is 0 Å². The molecule has 8 nitrogen and oxygen atoms in total. The first-order valence-corrected chi connectivity index (χ1v) is 12.8. The van der Waals surface area contributed by atoms with Gasteiger partial charge in [0.05, 0.1) is 16.0 Å². The third-order valence-corrected chi connectivity index (χ3v) is 9.35. The molecule has 0 saturated carbocycles. The van der Waals surface area contributed by atoms with Gasteiger partial charge in [0.15, 0.2) is 10.1 Å². The summed E-state index contributed by atoms with van der Waals surface area (Å²) in [4.78, 5) is 18.9. The fraction of sp³-hybridized carbons (Fsp3) is 0.389. The Morgan fingerprint density at radius 2 is 2.00 bits per heavy atom. The van der Waals surface area contributed by atoms with Crippen LogP contribution in [0, 0.1) is 13.8 Å². The van der Waals surface area contributed by atoms with Crippen LogP contribution in [0.4, 0.5) is 0 Å². The maximum atomic E-state index is 12.9. The summed E-state index contributed by atoms with van der Waals surface area (Å²) < 4.78 is 34.0. The summed E-state index contributed by atoms with van der Waals surface area (Å²) in [5, 5.41) is 4.36. The van der Waals surface area contributed by atoms with Gasteiger partial charge < -0.3 is 9.42 Å². The third kappa shape index (κ3) is 4.22. The molecule has 1 amide bonds. The lowest BCUT2D eigenvalue weighted by Crippen LogP contribution is -2.51. The molecule has 1 aliphatic heterocycles. The van der Waals surface area contributed by atoms with Gasteiger partial charge in [-0.2, -0.15) is 4.31 Å². The normalized spacial score (nSPS) is 15.8. The topological polar surface area (TPSA) is 96.6 Å². The van der Waals surface area contributed by atoms with Crippen molar-refractivity contribution in [3.05, 3.63) is 34.7 Å². The molecule has 0 aliphatic carbocycles. The van der Waals surface area contributed by atoms with E-state index in [9.17, 15) is 13.2 Å². The predicted molar refractivity (Wildman–Crippen MR) is 117 cm³/mol. The average Bonchev–Trinajstić information content (AvgIpc) is 3.28. The molecule has 0 unspecified atom stereocenters. The summed E-state index contributed by atoms with van der Waals surface area (Å²) in [6, 6.07) is 5.54. The molecule has 4 rings (SSSR count). The van der Waals surface area contributed by atoms with Gasteiger partial charge in [-0.3, -0.25) is 4.79 Å². The van der Waals surface area contributed by atoms with Gasteiger partial charge in [-0.25, -0.2) is 13.4 Å². The van der Waals surface area contributed by atoms with Gasteiger partial charge in [0.2, 0.25) is 15.9 Å². The van der Waals surface area contributed by atoms with Crippen LogP contribution in [-0.4, -0.2) is 65.6 Å². The minimum absolute atomic E-state index is 0.0355. The van der Waals surface area contributed by atoms with Crippen molar-refractivity contribution in [2.75, 3.05) is 31.9 Å². The Kier molecular flexibility index (Phi) is 6.08. The predicted octanol–water partition coefficient (Wildman–Crippen LogP) is 3.18. The zero-order valence-corrected chi connectivity index (χ0v) is 19.5. The Morgan fingerprint density at radius 1 is 1.27 bits per heavy atom. The minimum Gasteiger partial charge on any atom is -0.360 e. The monoisotopic (exact) mass is 486 g/mol. The number of rotatable bonds is 5. The molecule has 1 aromatic carbocycles. The second kappa shape index (κ2) is 8.46. The molecule has 1 fully saturated rings. The standard InChI is InChI=1S/C18H19ClN4O4S3/c1-11-17(12(2)27-21-11)30(25,26)23-7-5-22(6-8-23)16(24)10-28-18-20-14-9-13(19)3-4-15(14)29-18/h3-4,9H,5-8,10H2,1-2H3. The van der Waals surface area contributed by atoms with Crippen LogP contribution in [-0.2, 0) is 14.8 Å². The molecule has 2 aromatic heterocycles. The van der Waals surface area contributed by atoms with Crippen LogP contribution in [0.2, 0.25) is 5.02 Å². The number of hydrogen-bond donors (Lipinski definition) is 0. The van der Waals surface area contributed by atoms with Crippen LogP contribution < -0.4 is 0 Å². The highest BCUT2D eigenvalue weighted by Gasteiger charge is 2.34. The summed E-state index contributed by atoms with van der Waals surface area (Å²) in [6.45, 7) is 4.36.